The molecule has 0 amide bonds. The Hall–Kier alpha value is -1.04. The van der Waals surface area contributed by atoms with E-state index < -0.39 is 17.5 Å². The number of Topliss-reactive ketones (excluding diaryl/α,β-unsaturated/α-hetero) is 1. The topological polar surface area (TPSA) is 76.0 Å². The zero-order chi connectivity index (χ0) is 10.6. The molecule has 1 saturated heterocycles. The quantitative estimate of drug-likeness (QED) is 0.422. The van der Waals surface area contributed by atoms with Gasteiger partial charge in [0.05, 0.1) is 0 Å². The van der Waals surface area contributed by atoms with E-state index in [9.17, 15) is 9.59 Å². The van der Waals surface area contributed by atoms with Gasteiger partial charge in [-0.1, -0.05) is 5.16 Å². The van der Waals surface area contributed by atoms with Gasteiger partial charge in [-0.05, 0) is 12.2 Å². The molecule has 6 heteroatoms. The van der Waals surface area contributed by atoms with Crippen molar-refractivity contribution >= 4 is 29.2 Å². The van der Waals surface area contributed by atoms with E-state index in [1.165, 1.54) is 0 Å². The van der Waals surface area contributed by atoms with E-state index in [1.54, 1.807) is 11.8 Å². The van der Waals surface area contributed by atoms with Gasteiger partial charge in [0.2, 0.25) is 5.71 Å². The molecule has 0 aromatic rings. The third-order valence-electron chi connectivity index (χ3n) is 1.72. The molecule has 1 N–H and O–H groups in total. The number of thioether (sulfide) groups is 1. The lowest BCUT2D eigenvalue weighted by Gasteiger charge is -2.05. The number of ketones is 1. The molecule has 0 aromatic carbocycles. The summed E-state index contributed by atoms with van der Waals surface area (Å²) < 4.78 is 0. The van der Waals surface area contributed by atoms with E-state index in [4.69, 9.17) is 9.94 Å². The third kappa shape index (κ3) is 3.02. The minimum absolute atomic E-state index is 0.0614. The predicted molar refractivity (Wildman–Crippen MR) is 52.6 cm³/mol. The maximum Gasteiger partial charge on any atom is 0.361 e. The lowest BCUT2D eigenvalue weighted by atomic mass is 10.3. The maximum atomic E-state index is 10.8. The number of carboxylic acid groups (broad SMARTS) is 1. The van der Waals surface area contributed by atoms with Gasteiger partial charge < -0.3 is 9.94 Å². The number of hydrogen-bond donors (Lipinski definition) is 1. The molecular formula is C8H11NO4S. The Labute approximate surface area is 85.5 Å². The van der Waals surface area contributed by atoms with Crippen LogP contribution in [0.4, 0.5) is 0 Å². The van der Waals surface area contributed by atoms with Crippen LogP contribution in [0.5, 0.6) is 0 Å². The number of nitrogens with zero attached hydrogens (tertiary/aromatic N) is 1. The minimum atomic E-state index is -1.34. The summed E-state index contributed by atoms with van der Waals surface area (Å²) in [5.74, 6) is -0.150. The molecule has 0 bridgehead atoms. The first kappa shape index (κ1) is 11.0. The summed E-state index contributed by atoms with van der Waals surface area (Å²) in [5.41, 5.74) is -0.540. The van der Waals surface area contributed by atoms with Crippen molar-refractivity contribution in [2.75, 3.05) is 11.5 Å². The molecule has 14 heavy (non-hydrogen) atoms. The van der Waals surface area contributed by atoms with Crippen LogP contribution in [0.1, 0.15) is 13.3 Å². The monoisotopic (exact) mass is 217 g/mol. The first-order valence-electron chi connectivity index (χ1n) is 4.17. The summed E-state index contributed by atoms with van der Waals surface area (Å²) in [6.07, 6.45) is 0.785. The Balaban J connectivity index is 2.54. The van der Waals surface area contributed by atoms with Gasteiger partial charge in [-0.15, -0.1) is 0 Å². The second kappa shape index (κ2) is 4.99. The summed E-state index contributed by atoms with van der Waals surface area (Å²) in [7, 11) is 0. The summed E-state index contributed by atoms with van der Waals surface area (Å²) in [6, 6.07) is 0. The Morgan fingerprint density at radius 2 is 2.29 bits per heavy atom. The van der Waals surface area contributed by atoms with Crippen LogP contribution in [0.15, 0.2) is 5.16 Å². The number of aliphatic carboxylic acids is 1. The van der Waals surface area contributed by atoms with Crippen molar-refractivity contribution in [3.63, 3.8) is 0 Å². The summed E-state index contributed by atoms with van der Waals surface area (Å²) in [5, 5.41) is 11.9. The van der Waals surface area contributed by atoms with E-state index in [0.717, 1.165) is 24.9 Å². The van der Waals surface area contributed by atoms with E-state index in [-0.39, 0.29) is 6.10 Å². The average Bonchev–Trinajstić information content (AvgIpc) is 2.55. The highest BCUT2D eigenvalue weighted by atomic mass is 32.2. The van der Waals surface area contributed by atoms with Crippen LogP contribution < -0.4 is 0 Å². The van der Waals surface area contributed by atoms with Gasteiger partial charge in [-0.25, -0.2) is 4.79 Å². The van der Waals surface area contributed by atoms with Gasteiger partial charge in [0.15, 0.2) is 5.78 Å². The fourth-order valence-electron chi connectivity index (χ4n) is 0.977. The smallest absolute Gasteiger partial charge is 0.361 e. The van der Waals surface area contributed by atoms with Gasteiger partial charge in [0.1, 0.15) is 6.10 Å². The van der Waals surface area contributed by atoms with Crippen LogP contribution in [0.2, 0.25) is 0 Å². The second-order valence-electron chi connectivity index (χ2n) is 2.89. The standard InChI is InChI=1S/C8H11NO4S/c1-5(10)7(8(11)12)9-13-6-2-3-14-4-6/h6H,2-4H2,1H3,(H,11,12)/b9-7+. The lowest BCUT2D eigenvalue weighted by molar-refractivity contribution is -0.130. The SMILES string of the molecule is CC(=O)/C(=N\OC1CCSC1)C(=O)O. The third-order valence-corrected chi connectivity index (χ3v) is 2.85. The molecule has 1 aliphatic heterocycles. The second-order valence-corrected chi connectivity index (χ2v) is 4.04. The Morgan fingerprint density at radius 3 is 2.71 bits per heavy atom. The van der Waals surface area contributed by atoms with Crippen LogP contribution in [0.25, 0.3) is 0 Å². The highest BCUT2D eigenvalue weighted by Gasteiger charge is 2.20. The molecule has 1 atom stereocenters. The van der Waals surface area contributed by atoms with Crippen molar-refractivity contribution in [3.8, 4) is 0 Å². The summed E-state index contributed by atoms with van der Waals surface area (Å²) in [4.78, 5) is 26.3. The molecular weight excluding hydrogens is 206 g/mol. The molecule has 0 radical (unpaired) electrons. The molecule has 1 rings (SSSR count). The highest BCUT2D eigenvalue weighted by molar-refractivity contribution is 7.99. The molecule has 78 valence electrons. The Bertz CT molecular complexity index is 255. The summed E-state index contributed by atoms with van der Waals surface area (Å²) in [6.45, 7) is 1.15. The molecule has 1 unspecified atom stereocenters. The summed E-state index contributed by atoms with van der Waals surface area (Å²) >= 11 is 1.72. The normalized spacial score (nSPS) is 22.1. The van der Waals surface area contributed by atoms with Crippen molar-refractivity contribution in [3.05, 3.63) is 0 Å². The largest absolute Gasteiger partial charge is 0.476 e. The van der Waals surface area contributed by atoms with E-state index in [2.05, 4.69) is 5.16 Å². The number of hydrogen-bond acceptors (Lipinski definition) is 5. The van der Waals surface area contributed by atoms with E-state index >= 15 is 0 Å². The predicted octanol–water partition coefficient (Wildman–Crippen LogP) is 0.538. The molecule has 1 fully saturated rings. The molecule has 0 aliphatic carbocycles. The average molecular weight is 217 g/mol. The van der Waals surface area contributed by atoms with Gasteiger partial charge >= 0.3 is 5.97 Å². The van der Waals surface area contributed by atoms with Crippen molar-refractivity contribution in [1.29, 1.82) is 0 Å². The van der Waals surface area contributed by atoms with Crippen LogP contribution in [-0.2, 0) is 14.4 Å². The lowest BCUT2D eigenvalue weighted by Crippen LogP contribution is -2.22. The van der Waals surface area contributed by atoms with Gasteiger partial charge in [-0.2, -0.15) is 11.8 Å². The van der Waals surface area contributed by atoms with Crippen LogP contribution in [-0.4, -0.2) is 40.2 Å². The van der Waals surface area contributed by atoms with Crippen molar-refractivity contribution in [2.24, 2.45) is 5.16 Å². The number of carbonyl (C=O) groups excluding carboxylic acids is 1. The van der Waals surface area contributed by atoms with Crippen molar-refractivity contribution in [2.45, 2.75) is 19.4 Å². The van der Waals surface area contributed by atoms with Gasteiger partial charge in [0.25, 0.3) is 0 Å². The highest BCUT2D eigenvalue weighted by Crippen LogP contribution is 2.20. The van der Waals surface area contributed by atoms with Crippen LogP contribution in [0.3, 0.4) is 0 Å². The molecule has 0 spiro atoms. The number of carboxylic acids is 1. The van der Waals surface area contributed by atoms with Crippen LogP contribution in [0, 0.1) is 0 Å². The molecule has 1 aliphatic rings. The zero-order valence-corrected chi connectivity index (χ0v) is 8.54. The van der Waals surface area contributed by atoms with E-state index in [0.29, 0.717) is 0 Å². The maximum absolute atomic E-state index is 10.8. The zero-order valence-electron chi connectivity index (χ0n) is 7.73. The van der Waals surface area contributed by atoms with E-state index in [1.807, 2.05) is 0 Å². The van der Waals surface area contributed by atoms with Crippen LogP contribution >= 0.6 is 11.8 Å². The first-order valence-corrected chi connectivity index (χ1v) is 5.32. The number of oxime groups is 1. The first-order chi connectivity index (χ1) is 6.61. The van der Waals surface area contributed by atoms with Gasteiger partial charge in [0, 0.05) is 12.7 Å². The fourth-order valence-corrected chi connectivity index (χ4v) is 2.06. The van der Waals surface area contributed by atoms with Gasteiger partial charge in [-0.3, -0.25) is 4.79 Å². The fraction of sp³-hybridized carbons (Fsp3) is 0.625. The molecule has 0 aromatic heterocycles. The Morgan fingerprint density at radius 1 is 1.57 bits per heavy atom. The molecule has 1 heterocycles. The molecule has 5 nitrogen and oxygen atoms in total. The number of carbonyl (C=O) groups is 2. The Kier molecular flexibility index (Phi) is 3.94. The molecule has 0 saturated carbocycles. The van der Waals surface area contributed by atoms with Crippen molar-refractivity contribution in [1.82, 2.24) is 0 Å². The minimum Gasteiger partial charge on any atom is -0.476 e. The number of rotatable bonds is 4. The van der Waals surface area contributed by atoms with Crippen molar-refractivity contribution < 1.29 is 19.5 Å².